The van der Waals surface area contributed by atoms with Gasteiger partial charge in [-0.15, -0.1) is 14.8 Å². The van der Waals surface area contributed by atoms with E-state index >= 15 is 0 Å². The molecule has 9 nitrogen and oxygen atoms in total. The highest BCUT2D eigenvalue weighted by atomic mass is 16.5. The van der Waals surface area contributed by atoms with Gasteiger partial charge in [0.1, 0.15) is 5.75 Å². The molecule has 3 heterocycles. The number of carbonyl (C=O) groups is 1. The van der Waals surface area contributed by atoms with Crippen LogP contribution < -0.4 is 15.0 Å². The maximum Gasteiger partial charge on any atom is 0.227 e. The predicted molar refractivity (Wildman–Crippen MR) is 99.9 cm³/mol. The van der Waals surface area contributed by atoms with Crippen LogP contribution in [0.4, 0.5) is 11.5 Å². The molecular formula is C18H21N7O2. The van der Waals surface area contributed by atoms with E-state index in [1.165, 1.54) is 4.63 Å². The predicted octanol–water partition coefficient (Wildman–Crippen LogP) is 1.69. The number of rotatable bonds is 4. The van der Waals surface area contributed by atoms with Gasteiger partial charge < -0.3 is 15.0 Å². The third-order valence-electron chi connectivity index (χ3n) is 4.91. The number of nitrogens with zero attached hydrogens (tertiary/aromatic N) is 6. The molecule has 0 spiro atoms. The average molecular weight is 367 g/mol. The van der Waals surface area contributed by atoms with Gasteiger partial charge in [-0.1, -0.05) is 0 Å². The van der Waals surface area contributed by atoms with Gasteiger partial charge in [0.15, 0.2) is 11.5 Å². The van der Waals surface area contributed by atoms with Gasteiger partial charge >= 0.3 is 0 Å². The second-order valence-corrected chi connectivity index (χ2v) is 6.65. The summed E-state index contributed by atoms with van der Waals surface area (Å²) in [5.41, 5.74) is 2.41. The molecule has 1 aromatic carbocycles. The van der Waals surface area contributed by atoms with Crippen LogP contribution in [0.1, 0.15) is 18.4 Å². The van der Waals surface area contributed by atoms with Crippen LogP contribution in [0, 0.1) is 12.8 Å². The van der Waals surface area contributed by atoms with E-state index in [2.05, 4.69) is 30.8 Å². The standard InChI is InChI=1S/C18H21N7O2/c1-12-11-14(3-4-15(12)27-2)19-18(26)13-7-9-24(10-8-13)17-6-5-16-20-22-23-25(16)21-17/h3-6,11,13H,7-10H2,1-2H3,(H,19,26). The minimum Gasteiger partial charge on any atom is -0.496 e. The highest BCUT2D eigenvalue weighted by molar-refractivity contribution is 5.92. The number of nitrogens with one attached hydrogen (secondary N) is 1. The first kappa shape index (κ1) is 17.2. The number of hydrogen-bond acceptors (Lipinski definition) is 7. The number of anilines is 2. The van der Waals surface area contributed by atoms with Crippen molar-refractivity contribution in [2.75, 3.05) is 30.4 Å². The topological polar surface area (TPSA) is 97.5 Å². The maximum atomic E-state index is 12.6. The quantitative estimate of drug-likeness (QED) is 0.749. The van der Waals surface area contributed by atoms with Crippen molar-refractivity contribution >= 4 is 23.1 Å². The molecule has 4 rings (SSSR count). The number of carbonyl (C=O) groups excluding carboxylic acids is 1. The zero-order valence-corrected chi connectivity index (χ0v) is 15.3. The van der Waals surface area contributed by atoms with Gasteiger partial charge in [-0.2, -0.15) is 0 Å². The first-order valence-corrected chi connectivity index (χ1v) is 8.90. The normalized spacial score (nSPS) is 15.1. The number of tetrazole rings is 1. The third kappa shape index (κ3) is 3.53. The van der Waals surface area contributed by atoms with Crippen LogP contribution in [-0.4, -0.2) is 51.4 Å². The number of benzene rings is 1. The summed E-state index contributed by atoms with van der Waals surface area (Å²) in [6.45, 7) is 3.49. The molecule has 0 bridgehead atoms. The molecule has 0 saturated carbocycles. The van der Waals surface area contributed by atoms with Gasteiger partial charge in [-0.25, -0.2) is 0 Å². The minimum absolute atomic E-state index is 0.0135. The van der Waals surface area contributed by atoms with E-state index in [0.29, 0.717) is 5.65 Å². The summed E-state index contributed by atoms with van der Waals surface area (Å²) in [5.74, 6) is 1.68. The van der Waals surface area contributed by atoms with Crippen LogP contribution >= 0.6 is 0 Å². The summed E-state index contributed by atoms with van der Waals surface area (Å²) in [6, 6.07) is 9.41. The Morgan fingerprint density at radius 2 is 2.04 bits per heavy atom. The largest absolute Gasteiger partial charge is 0.496 e. The smallest absolute Gasteiger partial charge is 0.227 e. The van der Waals surface area contributed by atoms with Gasteiger partial charge in [0.25, 0.3) is 0 Å². The molecule has 3 aromatic rings. The SMILES string of the molecule is COc1ccc(NC(=O)C2CCN(c3ccc4nnnn4n3)CC2)cc1C. The Hall–Kier alpha value is -3.23. The number of piperidine rings is 1. The average Bonchev–Trinajstić information content (AvgIpc) is 3.16. The van der Waals surface area contributed by atoms with E-state index in [0.717, 1.165) is 48.7 Å². The van der Waals surface area contributed by atoms with Crippen molar-refractivity contribution in [1.82, 2.24) is 25.3 Å². The van der Waals surface area contributed by atoms with E-state index < -0.39 is 0 Å². The number of aryl methyl sites for hydroxylation is 1. The Balaban J connectivity index is 1.36. The van der Waals surface area contributed by atoms with Crippen LogP contribution in [0.15, 0.2) is 30.3 Å². The fraction of sp³-hybridized carbons (Fsp3) is 0.389. The van der Waals surface area contributed by atoms with Gasteiger partial charge in [-0.3, -0.25) is 4.79 Å². The molecule has 0 aliphatic carbocycles. The molecule has 9 heteroatoms. The summed E-state index contributed by atoms with van der Waals surface area (Å²) in [7, 11) is 1.64. The molecule has 1 N–H and O–H groups in total. The lowest BCUT2D eigenvalue weighted by molar-refractivity contribution is -0.120. The lowest BCUT2D eigenvalue weighted by atomic mass is 9.95. The summed E-state index contributed by atoms with van der Waals surface area (Å²) < 4.78 is 6.68. The van der Waals surface area contributed by atoms with E-state index in [9.17, 15) is 4.79 Å². The maximum absolute atomic E-state index is 12.6. The minimum atomic E-state index is -0.0135. The fourth-order valence-electron chi connectivity index (χ4n) is 3.38. The monoisotopic (exact) mass is 367 g/mol. The van der Waals surface area contributed by atoms with Crippen molar-refractivity contribution in [3.8, 4) is 5.75 Å². The van der Waals surface area contributed by atoms with Gasteiger partial charge in [-0.05, 0) is 66.1 Å². The zero-order chi connectivity index (χ0) is 18.8. The molecule has 1 saturated heterocycles. The van der Waals surface area contributed by atoms with Crippen molar-refractivity contribution in [3.63, 3.8) is 0 Å². The van der Waals surface area contributed by atoms with Gasteiger partial charge in [0.2, 0.25) is 5.91 Å². The van der Waals surface area contributed by atoms with Gasteiger partial charge in [0, 0.05) is 24.7 Å². The number of fused-ring (bicyclic) bond motifs is 1. The highest BCUT2D eigenvalue weighted by Crippen LogP contribution is 2.25. The lowest BCUT2D eigenvalue weighted by Crippen LogP contribution is -2.38. The zero-order valence-electron chi connectivity index (χ0n) is 15.3. The van der Waals surface area contributed by atoms with Crippen LogP contribution in [0.25, 0.3) is 5.65 Å². The van der Waals surface area contributed by atoms with Crippen molar-refractivity contribution in [2.45, 2.75) is 19.8 Å². The molecule has 1 aliphatic heterocycles. The molecule has 1 fully saturated rings. The summed E-state index contributed by atoms with van der Waals surface area (Å²) in [4.78, 5) is 14.8. The molecule has 1 aliphatic rings. The van der Waals surface area contributed by atoms with E-state index in [1.807, 2.05) is 37.3 Å². The second kappa shape index (κ2) is 7.18. The molecule has 2 aromatic heterocycles. The molecule has 140 valence electrons. The van der Waals surface area contributed by atoms with Crippen LogP contribution in [0.3, 0.4) is 0 Å². The van der Waals surface area contributed by atoms with E-state index in [1.54, 1.807) is 7.11 Å². The molecule has 0 unspecified atom stereocenters. The summed E-state index contributed by atoms with van der Waals surface area (Å²) in [6.07, 6.45) is 1.55. The number of methoxy groups -OCH3 is 1. The number of hydrogen-bond donors (Lipinski definition) is 1. The van der Waals surface area contributed by atoms with Crippen LogP contribution in [0.5, 0.6) is 5.75 Å². The van der Waals surface area contributed by atoms with Crippen molar-refractivity contribution in [1.29, 1.82) is 0 Å². The molecule has 0 atom stereocenters. The fourth-order valence-corrected chi connectivity index (χ4v) is 3.38. The van der Waals surface area contributed by atoms with Crippen molar-refractivity contribution in [3.05, 3.63) is 35.9 Å². The number of amides is 1. The van der Waals surface area contributed by atoms with Crippen LogP contribution in [-0.2, 0) is 4.79 Å². The first-order chi connectivity index (χ1) is 13.1. The Kier molecular flexibility index (Phi) is 4.57. The summed E-state index contributed by atoms with van der Waals surface area (Å²) in [5, 5.41) is 18.7. The number of ether oxygens (including phenoxy) is 1. The molecule has 0 radical (unpaired) electrons. The third-order valence-corrected chi connectivity index (χ3v) is 4.91. The van der Waals surface area contributed by atoms with Gasteiger partial charge in [0.05, 0.1) is 7.11 Å². The van der Waals surface area contributed by atoms with Crippen molar-refractivity contribution in [2.24, 2.45) is 5.92 Å². The Labute approximate surface area is 156 Å². The first-order valence-electron chi connectivity index (χ1n) is 8.90. The van der Waals surface area contributed by atoms with E-state index in [4.69, 9.17) is 4.74 Å². The lowest BCUT2D eigenvalue weighted by Gasteiger charge is -2.31. The summed E-state index contributed by atoms with van der Waals surface area (Å²) >= 11 is 0. The second-order valence-electron chi connectivity index (χ2n) is 6.65. The molecule has 1 amide bonds. The Morgan fingerprint density at radius 3 is 2.78 bits per heavy atom. The highest BCUT2D eigenvalue weighted by Gasteiger charge is 2.26. The van der Waals surface area contributed by atoms with E-state index in [-0.39, 0.29) is 11.8 Å². The molecular weight excluding hydrogens is 346 g/mol. The Morgan fingerprint density at radius 1 is 1.22 bits per heavy atom. The Bertz CT molecular complexity index is 963. The number of aromatic nitrogens is 5. The van der Waals surface area contributed by atoms with Crippen LogP contribution in [0.2, 0.25) is 0 Å². The molecule has 27 heavy (non-hydrogen) atoms. The van der Waals surface area contributed by atoms with Crippen molar-refractivity contribution < 1.29 is 9.53 Å².